The van der Waals surface area contributed by atoms with E-state index in [0.29, 0.717) is 11.6 Å². The van der Waals surface area contributed by atoms with E-state index in [-0.39, 0.29) is 17.8 Å². The van der Waals surface area contributed by atoms with Gasteiger partial charge in [-0.2, -0.15) is 5.10 Å². The molecule has 1 unspecified atom stereocenters. The number of carbonyl (C=O) groups is 1. The molecular weight excluding hydrogens is 210 g/mol. The monoisotopic (exact) mass is 221 g/mol. The Morgan fingerprint density at radius 1 is 1.50 bits per heavy atom. The standard InChI is InChI=1S/C8H11N7O/c1-4(6-9-3-10-14-6)11-8(16)7-12-5(2)13-15-7/h3-4H,1-2H3,(H,11,16)(H,9,10,14)(H,12,13,15). The molecule has 0 saturated carbocycles. The van der Waals surface area contributed by atoms with Gasteiger partial charge in [-0.15, -0.1) is 5.10 Å². The molecule has 0 saturated heterocycles. The van der Waals surface area contributed by atoms with Crippen LogP contribution in [0.2, 0.25) is 0 Å². The zero-order valence-corrected chi connectivity index (χ0v) is 8.85. The topological polar surface area (TPSA) is 112 Å². The van der Waals surface area contributed by atoms with E-state index < -0.39 is 0 Å². The molecule has 2 aromatic heterocycles. The highest BCUT2D eigenvalue weighted by atomic mass is 16.2. The van der Waals surface area contributed by atoms with Crippen LogP contribution in [0.15, 0.2) is 6.33 Å². The van der Waals surface area contributed by atoms with Crippen LogP contribution in [-0.2, 0) is 0 Å². The van der Waals surface area contributed by atoms with E-state index in [4.69, 9.17) is 0 Å². The molecule has 0 aliphatic carbocycles. The first-order valence-electron chi connectivity index (χ1n) is 4.72. The molecule has 1 atom stereocenters. The predicted molar refractivity (Wildman–Crippen MR) is 53.4 cm³/mol. The predicted octanol–water partition coefficient (Wildman–Crippen LogP) is -0.278. The number of rotatable bonds is 3. The maximum absolute atomic E-state index is 11.6. The summed E-state index contributed by atoms with van der Waals surface area (Å²) in [6.07, 6.45) is 1.38. The van der Waals surface area contributed by atoms with E-state index in [9.17, 15) is 4.79 Å². The average Bonchev–Trinajstić information content (AvgIpc) is 2.87. The third kappa shape index (κ3) is 2.05. The number of aromatic nitrogens is 6. The van der Waals surface area contributed by atoms with Gasteiger partial charge in [0.25, 0.3) is 5.91 Å². The number of hydrogen-bond acceptors (Lipinski definition) is 5. The molecule has 0 aliphatic rings. The molecule has 0 spiro atoms. The maximum atomic E-state index is 11.6. The lowest BCUT2D eigenvalue weighted by molar-refractivity contribution is 0.0928. The molecule has 8 heteroatoms. The molecular formula is C8H11N7O. The fraction of sp³-hybridized carbons (Fsp3) is 0.375. The number of nitrogens with one attached hydrogen (secondary N) is 3. The first-order chi connectivity index (χ1) is 7.66. The zero-order chi connectivity index (χ0) is 11.5. The van der Waals surface area contributed by atoms with Crippen molar-refractivity contribution >= 4 is 5.91 Å². The molecule has 2 heterocycles. The molecule has 84 valence electrons. The molecule has 0 fully saturated rings. The molecule has 0 bridgehead atoms. The number of hydrogen-bond donors (Lipinski definition) is 3. The van der Waals surface area contributed by atoms with Gasteiger partial charge in [-0.3, -0.25) is 15.0 Å². The zero-order valence-electron chi connectivity index (χ0n) is 8.85. The van der Waals surface area contributed by atoms with Crippen LogP contribution < -0.4 is 5.32 Å². The summed E-state index contributed by atoms with van der Waals surface area (Å²) in [6, 6.07) is -0.270. The Balaban J connectivity index is 2.03. The lowest BCUT2D eigenvalue weighted by Gasteiger charge is -2.08. The highest BCUT2D eigenvalue weighted by Gasteiger charge is 2.16. The van der Waals surface area contributed by atoms with Gasteiger partial charge in [0, 0.05) is 0 Å². The Hall–Kier alpha value is -2.25. The number of nitrogens with zero attached hydrogens (tertiary/aromatic N) is 4. The van der Waals surface area contributed by atoms with E-state index >= 15 is 0 Å². The second-order valence-corrected chi connectivity index (χ2v) is 3.31. The van der Waals surface area contributed by atoms with Crippen LogP contribution in [-0.4, -0.2) is 36.3 Å². The quantitative estimate of drug-likeness (QED) is 0.660. The van der Waals surface area contributed by atoms with Gasteiger partial charge in [0.15, 0.2) is 0 Å². The highest BCUT2D eigenvalue weighted by molar-refractivity contribution is 5.90. The summed E-state index contributed by atoms with van der Waals surface area (Å²) in [4.78, 5) is 19.5. The lowest BCUT2D eigenvalue weighted by atomic mass is 10.3. The fourth-order valence-corrected chi connectivity index (χ4v) is 1.20. The van der Waals surface area contributed by atoms with E-state index in [1.54, 1.807) is 13.8 Å². The van der Waals surface area contributed by atoms with Crippen molar-refractivity contribution in [3.8, 4) is 0 Å². The number of aryl methyl sites for hydroxylation is 1. The summed E-state index contributed by atoms with van der Waals surface area (Å²) >= 11 is 0. The summed E-state index contributed by atoms with van der Waals surface area (Å²) in [6.45, 7) is 3.52. The number of H-pyrrole nitrogens is 2. The summed E-state index contributed by atoms with van der Waals surface area (Å²) in [5, 5.41) is 15.4. The molecule has 0 aliphatic heterocycles. The Morgan fingerprint density at radius 2 is 2.31 bits per heavy atom. The first kappa shape index (κ1) is 10.3. The molecule has 8 nitrogen and oxygen atoms in total. The summed E-state index contributed by atoms with van der Waals surface area (Å²) in [5.74, 6) is 0.940. The largest absolute Gasteiger partial charge is 0.340 e. The Bertz CT molecular complexity index is 474. The Morgan fingerprint density at radius 3 is 2.88 bits per heavy atom. The van der Waals surface area contributed by atoms with Crippen LogP contribution >= 0.6 is 0 Å². The normalized spacial score (nSPS) is 12.4. The molecule has 0 aromatic carbocycles. The molecule has 2 aromatic rings. The van der Waals surface area contributed by atoms with Crippen LogP contribution in [0.4, 0.5) is 0 Å². The highest BCUT2D eigenvalue weighted by Crippen LogP contribution is 2.04. The smallest absolute Gasteiger partial charge is 0.291 e. The van der Waals surface area contributed by atoms with Crippen molar-refractivity contribution < 1.29 is 4.79 Å². The first-order valence-corrected chi connectivity index (χ1v) is 4.72. The third-order valence-electron chi connectivity index (χ3n) is 1.99. The van der Waals surface area contributed by atoms with E-state index in [1.807, 2.05) is 0 Å². The fourth-order valence-electron chi connectivity index (χ4n) is 1.20. The summed E-state index contributed by atoms with van der Waals surface area (Å²) in [7, 11) is 0. The minimum atomic E-state index is -0.353. The van der Waals surface area contributed by atoms with Crippen LogP contribution in [0.1, 0.15) is 35.2 Å². The van der Waals surface area contributed by atoms with Crippen molar-refractivity contribution in [1.29, 1.82) is 0 Å². The van der Waals surface area contributed by atoms with Crippen molar-refractivity contribution in [3.63, 3.8) is 0 Å². The molecule has 0 radical (unpaired) electrons. The molecule has 16 heavy (non-hydrogen) atoms. The van der Waals surface area contributed by atoms with Gasteiger partial charge in [-0.05, 0) is 13.8 Å². The van der Waals surface area contributed by atoms with E-state index in [0.717, 1.165) is 0 Å². The van der Waals surface area contributed by atoms with Crippen LogP contribution in [0.3, 0.4) is 0 Å². The lowest BCUT2D eigenvalue weighted by Crippen LogP contribution is -2.28. The SMILES string of the molecule is Cc1nc(C(=O)NC(C)c2ncn[nH]2)n[nH]1. The van der Waals surface area contributed by atoms with Crippen molar-refractivity contribution in [2.45, 2.75) is 19.9 Å². The van der Waals surface area contributed by atoms with Crippen LogP contribution in [0.5, 0.6) is 0 Å². The van der Waals surface area contributed by atoms with Gasteiger partial charge in [0.2, 0.25) is 5.82 Å². The average molecular weight is 221 g/mol. The van der Waals surface area contributed by atoms with Crippen molar-refractivity contribution in [1.82, 2.24) is 35.7 Å². The molecule has 3 N–H and O–H groups in total. The van der Waals surface area contributed by atoms with E-state index in [2.05, 4.69) is 35.7 Å². The van der Waals surface area contributed by atoms with Crippen LogP contribution in [0, 0.1) is 6.92 Å². The van der Waals surface area contributed by atoms with E-state index in [1.165, 1.54) is 6.33 Å². The maximum Gasteiger partial charge on any atom is 0.291 e. The molecule has 1 amide bonds. The number of aromatic amines is 2. The van der Waals surface area contributed by atoms with Gasteiger partial charge in [-0.25, -0.2) is 9.97 Å². The second kappa shape index (κ2) is 4.09. The number of carbonyl (C=O) groups excluding carboxylic acids is 1. The number of amides is 1. The van der Waals surface area contributed by atoms with Gasteiger partial charge in [-0.1, -0.05) is 0 Å². The second-order valence-electron chi connectivity index (χ2n) is 3.31. The minimum absolute atomic E-state index is 0.115. The summed E-state index contributed by atoms with van der Waals surface area (Å²) in [5.41, 5.74) is 0. The van der Waals surface area contributed by atoms with Crippen molar-refractivity contribution in [2.24, 2.45) is 0 Å². The van der Waals surface area contributed by atoms with Gasteiger partial charge < -0.3 is 5.32 Å². The minimum Gasteiger partial charge on any atom is -0.340 e. The summed E-state index contributed by atoms with van der Waals surface area (Å²) < 4.78 is 0. The van der Waals surface area contributed by atoms with Crippen LogP contribution in [0.25, 0.3) is 0 Å². The van der Waals surface area contributed by atoms with Crippen molar-refractivity contribution in [2.75, 3.05) is 0 Å². The molecule has 2 rings (SSSR count). The van der Waals surface area contributed by atoms with Gasteiger partial charge in [0.05, 0.1) is 6.04 Å². The Kier molecular flexibility index (Phi) is 2.63. The Labute approximate surface area is 90.9 Å². The van der Waals surface area contributed by atoms with Gasteiger partial charge >= 0.3 is 0 Å². The van der Waals surface area contributed by atoms with Gasteiger partial charge in [0.1, 0.15) is 18.0 Å². The van der Waals surface area contributed by atoms with Crippen molar-refractivity contribution in [3.05, 3.63) is 23.8 Å². The third-order valence-corrected chi connectivity index (χ3v) is 1.99.